The van der Waals surface area contributed by atoms with Crippen molar-refractivity contribution in [3.63, 3.8) is 0 Å². The Hall–Kier alpha value is -3.87. The molecule has 2 aliphatic heterocycles. The lowest BCUT2D eigenvalue weighted by Crippen LogP contribution is -2.13. The van der Waals surface area contributed by atoms with Crippen LogP contribution in [0.15, 0.2) is 107 Å². The van der Waals surface area contributed by atoms with Crippen LogP contribution in [0.5, 0.6) is 0 Å². The second-order valence-corrected chi connectivity index (χ2v) is 5.31. The van der Waals surface area contributed by atoms with E-state index in [0.717, 1.165) is 5.57 Å². The molecule has 0 amide bonds. The van der Waals surface area contributed by atoms with Crippen LogP contribution in [0.2, 0.25) is 0 Å². The third-order valence-electron chi connectivity index (χ3n) is 3.31. The zero-order valence-electron chi connectivity index (χ0n) is 15.1. The molecule has 144 valence electrons. The smallest absolute Gasteiger partial charge is 0.354 e. The van der Waals surface area contributed by atoms with E-state index in [1.807, 2.05) is 48.7 Å². The first kappa shape index (κ1) is 20.4. The molecule has 2 rings (SSSR count). The summed E-state index contributed by atoms with van der Waals surface area (Å²) in [6.07, 6.45) is 25.4. The van der Waals surface area contributed by atoms with Gasteiger partial charge in [-0.05, 0) is 18.6 Å². The number of aliphatic imine (C=N–C) groups is 2. The molecule has 0 atom stereocenters. The van der Waals surface area contributed by atoms with E-state index in [4.69, 9.17) is 9.47 Å². The van der Waals surface area contributed by atoms with Gasteiger partial charge in [0.15, 0.2) is 12.1 Å². The van der Waals surface area contributed by atoms with E-state index in [1.165, 1.54) is 37.4 Å². The predicted molar refractivity (Wildman–Crippen MR) is 109 cm³/mol. The van der Waals surface area contributed by atoms with Gasteiger partial charge in [0, 0.05) is 36.8 Å². The number of hydrogen-bond acceptors (Lipinski definition) is 6. The van der Waals surface area contributed by atoms with Crippen molar-refractivity contribution in [2.75, 3.05) is 6.54 Å². The number of nitrogens with zero attached hydrogens (tertiary/aromatic N) is 2. The number of hydrogen-bond donors (Lipinski definition) is 2. The van der Waals surface area contributed by atoms with E-state index >= 15 is 0 Å². The second kappa shape index (κ2) is 12.5. The topological polar surface area (TPSA) is 92.5 Å². The van der Waals surface area contributed by atoms with E-state index in [-0.39, 0.29) is 5.71 Å². The molecule has 0 radical (unpaired) electrons. The summed E-state index contributed by atoms with van der Waals surface area (Å²) < 4.78 is 10.6. The Kier molecular flexibility index (Phi) is 9.11. The van der Waals surface area contributed by atoms with E-state index in [2.05, 4.69) is 15.3 Å². The number of dihydropyridines is 1. The zero-order valence-corrected chi connectivity index (χ0v) is 15.1. The number of ether oxygens (including phenoxy) is 2. The molecular formula is C21H21N3O4. The number of allylic oxidation sites excluding steroid dienone is 8. The van der Waals surface area contributed by atoms with Crippen LogP contribution in [-0.4, -0.2) is 29.7 Å². The molecule has 2 heterocycles. The molecule has 0 bridgehead atoms. The molecule has 0 saturated heterocycles. The molecule has 0 aromatic carbocycles. The summed E-state index contributed by atoms with van der Waals surface area (Å²) >= 11 is 0. The number of rotatable bonds is 1. The Morgan fingerprint density at radius 3 is 2.75 bits per heavy atom. The fraction of sp³-hybridized carbons (Fsp3) is 0.0952. The van der Waals surface area contributed by atoms with Crippen LogP contribution in [0.3, 0.4) is 0 Å². The molecule has 7 nitrogen and oxygen atoms in total. The molecule has 2 N–H and O–H groups in total. The Balaban J connectivity index is 2.18. The molecule has 0 unspecified atom stereocenters. The van der Waals surface area contributed by atoms with Crippen LogP contribution >= 0.6 is 0 Å². The molecule has 7 heteroatoms. The summed E-state index contributed by atoms with van der Waals surface area (Å²) in [5.74, 6) is -0.510. The van der Waals surface area contributed by atoms with Crippen LogP contribution < -0.4 is 5.32 Å². The van der Waals surface area contributed by atoms with Crippen LogP contribution in [0.25, 0.3) is 0 Å². The lowest BCUT2D eigenvalue weighted by atomic mass is 10.1. The van der Waals surface area contributed by atoms with Gasteiger partial charge in [-0.25, -0.2) is 14.8 Å². The molecule has 0 saturated carbocycles. The Morgan fingerprint density at radius 2 is 1.89 bits per heavy atom. The highest BCUT2D eigenvalue weighted by Crippen LogP contribution is 2.18. The minimum atomic E-state index is -1.18. The molecule has 0 spiro atoms. The number of fused-ring (bicyclic) bond motifs is 1. The lowest BCUT2D eigenvalue weighted by molar-refractivity contribution is -0.129. The van der Waals surface area contributed by atoms with Gasteiger partial charge in [0.25, 0.3) is 0 Å². The second-order valence-electron chi connectivity index (χ2n) is 5.31. The third kappa shape index (κ3) is 8.01. The minimum Gasteiger partial charge on any atom is -0.477 e. The molecule has 28 heavy (non-hydrogen) atoms. The largest absolute Gasteiger partial charge is 0.477 e. The number of carbonyl (C=O) groups is 1. The molecule has 2 aliphatic rings. The quantitative estimate of drug-likeness (QED) is 0.727. The molecule has 0 aromatic heterocycles. The minimum absolute atomic E-state index is 0.187. The average Bonchev–Trinajstić information content (AvgIpc) is 2.69. The van der Waals surface area contributed by atoms with Gasteiger partial charge < -0.3 is 19.9 Å². The Morgan fingerprint density at radius 1 is 1.07 bits per heavy atom. The first-order valence-electron chi connectivity index (χ1n) is 8.52. The highest BCUT2D eigenvalue weighted by molar-refractivity contribution is 6.40. The average molecular weight is 379 g/mol. The Labute approximate surface area is 163 Å². The Bertz CT molecular complexity index is 838. The monoisotopic (exact) mass is 379 g/mol. The third-order valence-corrected chi connectivity index (χ3v) is 3.31. The van der Waals surface area contributed by atoms with Gasteiger partial charge >= 0.3 is 5.97 Å². The highest BCUT2D eigenvalue weighted by atomic mass is 16.5. The summed E-state index contributed by atoms with van der Waals surface area (Å²) in [5.41, 5.74) is 0.763. The van der Waals surface area contributed by atoms with E-state index in [1.54, 1.807) is 6.08 Å². The van der Waals surface area contributed by atoms with E-state index in [0.29, 0.717) is 18.7 Å². The first-order valence-corrected chi connectivity index (χ1v) is 8.52. The molecule has 0 fully saturated rings. The summed E-state index contributed by atoms with van der Waals surface area (Å²) in [6, 6.07) is 0. The SMILES string of the molecule is O=C(O)C1=N/C=C\N=CO\C=C/C=C/C=C/C=C/CC2=CNCC=C2OC=C1. The lowest BCUT2D eigenvalue weighted by Gasteiger charge is -2.14. The number of carboxylic acid groups (broad SMARTS) is 1. The predicted octanol–water partition coefficient (Wildman–Crippen LogP) is 3.52. The van der Waals surface area contributed by atoms with Gasteiger partial charge in [-0.3, -0.25) is 0 Å². The molecular weight excluding hydrogens is 358 g/mol. The van der Waals surface area contributed by atoms with Crippen LogP contribution in [0, 0.1) is 0 Å². The molecule has 0 aromatic rings. The van der Waals surface area contributed by atoms with Gasteiger partial charge in [0.2, 0.25) is 0 Å². The van der Waals surface area contributed by atoms with Gasteiger partial charge in [-0.15, -0.1) is 0 Å². The molecule has 0 aliphatic carbocycles. The zero-order chi connectivity index (χ0) is 19.9. The summed E-state index contributed by atoms with van der Waals surface area (Å²) in [5, 5.41) is 12.3. The standard InChI is InChI=1S/C21H21N3O4/c25-21(26)19-10-15-28-20-9-11-22-16-18(20)8-6-4-2-1-3-5-7-14-27-17-23-12-13-24-19/h1-7,9-10,12-17,22H,8,11H2,(H,25,26)/b2-1+,5-3+,6-4+,13-12-,14-7-,15-10?,23-17?,24-19?. The van der Waals surface area contributed by atoms with Gasteiger partial charge in [-0.1, -0.05) is 36.5 Å². The van der Waals surface area contributed by atoms with Gasteiger partial charge in [-0.2, -0.15) is 0 Å². The first-order chi connectivity index (χ1) is 13.8. The maximum atomic E-state index is 11.3. The van der Waals surface area contributed by atoms with Crippen LogP contribution in [0.1, 0.15) is 6.42 Å². The number of carboxylic acids is 1. The highest BCUT2D eigenvalue weighted by Gasteiger charge is 2.09. The van der Waals surface area contributed by atoms with E-state index < -0.39 is 5.97 Å². The summed E-state index contributed by atoms with van der Waals surface area (Å²) in [6.45, 7) is 0.636. The number of aliphatic carboxylic acids is 1. The fourth-order valence-electron chi connectivity index (χ4n) is 2.04. The summed E-state index contributed by atoms with van der Waals surface area (Å²) in [4.78, 5) is 18.9. The maximum absolute atomic E-state index is 11.3. The maximum Gasteiger partial charge on any atom is 0.354 e. The van der Waals surface area contributed by atoms with Crippen molar-refractivity contribution in [3.8, 4) is 0 Å². The summed E-state index contributed by atoms with van der Waals surface area (Å²) in [7, 11) is 0. The fourth-order valence-corrected chi connectivity index (χ4v) is 2.04. The normalized spacial score (nSPS) is 23.5. The van der Waals surface area contributed by atoms with Gasteiger partial charge in [0.05, 0.1) is 12.5 Å². The van der Waals surface area contributed by atoms with Crippen molar-refractivity contribution in [3.05, 3.63) is 97.1 Å². The van der Waals surface area contributed by atoms with Crippen LogP contribution in [0.4, 0.5) is 0 Å². The van der Waals surface area contributed by atoms with Crippen molar-refractivity contribution in [1.29, 1.82) is 0 Å². The number of nitrogens with one attached hydrogen (secondary N) is 1. The van der Waals surface area contributed by atoms with Gasteiger partial charge in [0.1, 0.15) is 5.76 Å². The van der Waals surface area contributed by atoms with Crippen molar-refractivity contribution >= 4 is 18.1 Å². The van der Waals surface area contributed by atoms with Crippen molar-refractivity contribution in [1.82, 2.24) is 5.32 Å². The van der Waals surface area contributed by atoms with Crippen LogP contribution in [-0.2, 0) is 14.3 Å². The van der Waals surface area contributed by atoms with Crippen molar-refractivity contribution in [2.24, 2.45) is 9.98 Å². The van der Waals surface area contributed by atoms with Crippen molar-refractivity contribution in [2.45, 2.75) is 6.42 Å². The van der Waals surface area contributed by atoms with E-state index in [9.17, 15) is 9.90 Å². The van der Waals surface area contributed by atoms with Crippen molar-refractivity contribution < 1.29 is 19.4 Å².